The molecule has 0 heterocycles. The summed E-state index contributed by atoms with van der Waals surface area (Å²) < 4.78 is 16.8. The SMILES string of the molecule is CC/C=C\C/C=C\C/C=C\C/C=C\C/C=C\CCCCCCCCCCCC(=O)OCC(COC(=O)CCCCCCC)OC(=O)CCCCCCCCCCCC/C=C\C/C=C\C/C=C\CCCCCCC. The molecule has 0 aliphatic carbocycles. The van der Waals surface area contributed by atoms with E-state index in [-0.39, 0.29) is 31.1 Å². The fourth-order valence-electron chi connectivity index (χ4n) is 8.48. The Morgan fingerprint density at radius 1 is 0.288 bits per heavy atom. The van der Waals surface area contributed by atoms with Crippen molar-refractivity contribution in [2.75, 3.05) is 13.2 Å². The molecule has 0 bridgehead atoms. The second kappa shape index (κ2) is 60.9. The zero-order valence-electron chi connectivity index (χ0n) is 47.9. The highest BCUT2D eigenvalue weighted by molar-refractivity contribution is 5.71. The van der Waals surface area contributed by atoms with Gasteiger partial charge in [-0.2, -0.15) is 0 Å². The number of carbonyl (C=O) groups is 3. The highest BCUT2D eigenvalue weighted by atomic mass is 16.6. The second-order valence-corrected chi connectivity index (χ2v) is 20.2. The first-order valence-electron chi connectivity index (χ1n) is 30.7. The summed E-state index contributed by atoms with van der Waals surface area (Å²) in [5, 5.41) is 0. The van der Waals surface area contributed by atoms with Crippen LogP contribution in [0.15, 0.2) is 97.2 Å². The minimum atomic E-state index is -0.780. The van der Waals surface area contributed by atoms with Crippen LogP contribution in [0.25, 0.3) is 0 Å². The molecule has 0 aliphatic heterocycles. The van der Waals surface area contributed by atoms with Gasteiger partial charge in [-0.3, -0.25) is 14.4 Å². The van der Waals surface area contributed by atoms with Crippen molar-refractivity contribution in [1.29, 1.82) is 0 Å². The molecule has 0 N–H and O–H groups in total. The molecular formula is C67H114O6. The lowest BCUT2D eigenvalue weighted by Crippen LogP contribution is -2.30. The third-order valence-corrected chi connectivity index (χ3v) is 13.1. The van der Waals surface area contributed by atoms with E-state index in [4.69, 9.17) is 14.2 Å². The van der Waals surface area contributed by atoms with E-state index < -0.39 is 6.10 Å². The van der Waals surface area contributed by atoms with Crippen molar-refractivity contribution in [2.24, 2.45) is 0 Å². The number of ether oxygens (including phenoxy) is 3. The Bertz CT molecular complexity index is 1440. The molecule has 0 saturated heterocycles. The largest absolute Gasteiger partial charge is 0.462 e. The van der Waals surface area contributed by atoms with Gasteiger partial charge < -0.3 is 14.2 Å². The summed E-state index contributed by atoms with van der Waals surface area (Å²) >= 11 is 0. The summed E-state index contributed by atoms with van der Waals surface area (Å²) in [7, 11) is 0. The van der Waals surface area contributed by atoms with E-state index in [1.54, 1.807) is 0 Å². The minimum Gasteiger partial charge on any atom is -0.462 e. The monoisotopic (exact) mass is 1010 g/mol. The molecule has 73 heavy (non-hydrogen) atoms. The summed E-state index contributed by atoms with van der Waals surface area (Å²) in [5.74, 6) is -0.900. The number of esters is 3. The van der Waals surface area contributed by atoms with Crippen LogP contribution in [0.1, 0.15) is 290 Å². The highest BCUT2D eigenvalue weighted by Crippen LogP contribution is 2.15. The van der Waals surface area contributed by atoms with E-state index in [1.165, 1.54) is 135 Å². The van der Waals surface area contributed by atoms with Gasteiger partial charge in [-0.05, 0) is 103 Å². The number of allylic oxidation sites excluding steroid dienone is 16. The third-order valence-electron chi connectivity index (χ3n) is 13.1. The molecule has 0 aromatic carbocycles. The topological polar surface area (TPSA) is 78.9 Å². The quantitative estimate of drug-likeness (QED) is 0.0261. The van der Waals surface area contributed by atoms with Gasteiger partial charge in [0.2, 0.25) is 0 Å². The average Bonchev–Trinajstić information content (AvgIpc) is 3.39. The maximum Gasteiger partial charge on any atom is 0.306 e. The van der Waals surface area contributed by atoms with Gasteiger partial charge in [0.15, 0.2) is 6.10 Å². The fraction of sp³-hybridized carbons (Fsp3) is 0.716. The van der Waals surface area contributed by atoms with E-state index in [0.717, 1.165) is 116 Å². The van der Waals surface area contributed by atoms with Crippen molar-refractivity contribution < 1.29 is 28.6 Å². The van der Waals surface area contributed by atoms with Gasteiger partial charge in [-0.15, -0.1) is 0 Å². The van der Waals surface area contributed by atoms with Gasteiger partial charge in [-0.1, -0.05) is 266 Å². The van der Waals surface area contributed by atoms with Crippen LogP contribution < -0.4 is 0 Å². The molecule has 0 aromatic rings. The maximum atomic E-state index is 12.8. The lowest BCUT2D eigenvalue weighted by atomic mass is 10.0. The van der Waals surface area contributed by atoms with Gasteiger partial charge in [-0.25, -0.2) is 0 Å². The first-order valence-corrected chi connectivity index (χ1v) is 30.7. The molecule has 0 rings (SSSR count). The number of hydrogen-bond acceptors (Lipinski definition) is 6. The fourth-order valence-corrected chi connectivity index (χ4v) is 8.48. The Labute approximate surface area is 451 Å². The van der Waals surface area contributed by atoms with Crippen LogP contribution in [-0.2, 0) is 28.6 Å². The molecule has 6 nitrogen and oxygen atoms in total. The van der Waals surface area contributed by atoms with Crippen LogP contribution in [0.4, 0.5) is 0 Å². The van der Waals surface area contributed by atoms with E-state index in [9.17, 15) is 14.4 Å². The first-order chi connectivity index (χ1) is 36.0. The average molecular weight is 1020 g/mol. The zero-order valence-corrected chi connectivity index (χ0v) is 47.9. The van der Waals surface area contributed by atoms with Gasteiger partial charge in [0.25, 0.3) is 0 Å². The maximum absolute atomic E-state index is 12.8. The second-order valence-electron chi connectivity index (χ2n) is 20.2. The van der Waals surface area contributed by atoms with Gasteiger partial charge in [0, 0.05) is 19.3 Å². The number of hydrogen-bond donors (Lipinski definition) is 0. The Morgan fingerprint density at radius 3 is 0.836 bits per heavy atom. The molecular weight excluding hydrogens is 901 g/mol. The molecule has 1 unspecified atom stereocenters. The van der Waals surface area contributed by atoms with Crippen LogP contribution in [0.2, 0.25) is 0 Å². The van der Waals surface area contributed by atoms with Crippen LogP contribution >= 0.6 is 0 Å². The normalized spacial score (nSPS) is 12.8. The van der Waals surface area contributed by atoms with Crippen LogP contribution in [0.5, 0.6) is 0 Å². The summed E-state index contributed by atoms with van der Waals surface area (Å²) in [6, 6.07) is 0. The standard InChI is InChI=1S/C67H114O6/c1-4-7-10-13-15-17-19-21-23-25-27-29-31-33-35-37-39-41-43-45-47-49-51-54-57-60-66(69)72-63-64(62-71-65(68)59-56-53-12-9-6-3)73-67(70)61-58-55-52-50-48-46-44-42-40-38-36-34-32-30-28-26-24-22-20-18-16-14-11-8-5-2/h7,10,15,17,20-23,26-29,32-35,64H,4-6,8-9,11-14,16,18-19,24-25,30-31,36-63H2,1-3H3/b10-7-,17-15-,22-20-,23-21-,28-26-,29-27-,34-32-,35-33-. The summed E-state index contributed by atoms with van der Waals surface area (Å²) in [6.45, 7) is 6.44. The summed E-state index contributed by atoms with van der Waals surface area (Å²) in [5.41, 5.74) is 0. The number of unbranched alkanes of at least 4 members (excludes halogenated alkanes) is 28. The molecule has 1 atom stereocenters. The number of rotatable bonds is 55. The van der Waals surface area contributed by atoms with Gasteiger partial charge >= 0.3 is 17.9 Å². The molecule has 418 valence electrons. The third kappa shape index (κ3) is 59.1. The zero-order chi connectivity index (χ0) is 52.9. The smallest absolute Gasteiger partial charge is 0.306 e. The minimum absolute atomic E-state index is 0.0812. The van der Waals surface area contributed by atoms with E-state index in [0.29, 0.717) is 19.3 Å². The predicted octanol–water partition coefficient (Wildman–Crippen LogP) is 20.9. The van der Waals surface area contributed by atoms with E-state index in [1.807, 2.05) is 0 Å². The van der Waals surface area contributed by atoms with Crippen LogP contribution in [0, 0.1) is 0 Å². The Kier molecular flexibility index (Phi) is 57.8. The Balaban J connectivity index is 4.10. The Morgan fingerprint density at radius 2 is 0.534 bits per heavy atom. The van der Waals surface area contributed by atoms with Crippen molar-refractivity contribution in [3.63, 3.8) is 0 Å². The van der Waals surface area contributed by atoms with Crippen molar-refractivity contribution in [3.05, 3.63) is 97.2 Å². The summed E-state index contributed by atoms with van der Waals surface area (Å²) in [6.07, 6.45) is 81.6. The van der Waals surface area contributed by atoms with Crippen molar-refractivity contribution in [1.82, 2.24) is 0 Å². The molecule has 0 spiro atoms. The van der Waals surface area contributed by atoms with Crippen molar-refractivity contribution in [3.8, 4) is 0 Å². The van der Waals surface area contributed by atoms with Crippen molar-refractivity contribution in [2.45, 2.75) is 297 Å². The lowest BCUT2D eigenvalue weighted by Gasteiger charge is -2.18. The van der Waals surface area contributed by atoms with Crippen molar-refractivity contribution >= 4 is 17.9 Å². The Hall–Kier alpha value is -3.67. The molecule has 0 aliphatic rings. The van der Waals surface area contributed by atoms with Gasteiger partial charge in [0.05, 0.1) is 0 Å². The number of carbonyl (C=O) groups excluding carboxylic acids is 3. The van der Waals surface area contributed by atoms with E-state index >= 15 is 0 Å². The summed E-state index contributed by atoms with van der Waals surface area (Å²) in [4.78, 5) is 37.9. The van der Waals surface area contributed by atoms with Crippen LogP contribution in [0.3, 0.4) is 0 Å². The van der Waals surface area contributed by atoms with Crippen LogP contribution in [-0.4, -0.2) is 37.2 Å². The first kappa shape index (κ1) is 69.3. The molecule has 0 aromatic heterocycles. The molecule has 0 fully saturated rings. The highest BCUT2D eigenvalue weighted by Gasteiger charge is 2.19. The van der Waals surface area contributed by atoms with E-state index in [2.05, 4.69) is 118 Å². The molecule has 6 heteroatoms. The molecule has 0 amide bonds. The predicted molar refractivity (Wildman–Crippen MR) is 316 cm³/mol. The van der Waals surface area contributed by atoms with Gasteiger partial charge in [0.1, 0.15) is 13.2 Å². The molecule has 0 radical (unpaired) electrons. The lowest BCUT2D eigenvalue weighted by molar-refractivity contribution is -0.167. The molecule has 0 saturated carbocycles.